The summed E-state index contributed by atoms with van der Waals surface area (Å²) >= 11 is 0. The summed E-state index contributed by atoms with van der Waals surface area (Å²) in [6.45, 7) is 6.32. The van der Waals surface area contributed by atoms with Crippen molar-refractivity contribution in [3.63, 3.8) is 0 Å². The van der Waals surface area contributed by atoms with Crippen LogP contribution in [0.25, 0.3) is 0 Å². The van der Waals surface area contributed by atoms with E-state index in [-0.39, 0.29) is 64.7 Å². The molecule has 5 nitrogen and oxygen atoms in total. The van der Waals surface area contributed by atoms with Crippen LogP contribution in [0.5, 0.6) is 0 Å². The molecule has 0 saturated heterocycles. The fraction of sp³-hybridized carbons (Fsp3) is 0.833. The summed E-state index contributed by atoms with van der Waals surface area (Å²) in [5, 5.41) is 10.9. The maximum Gasteiger partial charge on any atom is 0.139 e. The summed E-state index contributed by atoms with van der Waals surface area (Å²) in [5.74, 6) is 0.130. The Hall–Kier alpha value is -1.52. The van der Waals surface area contributed by atoms with Gasteiger partial charge in [0.2, 0.25) is 0 Å². The Morgan fingerprint density at radius 3 is 2.52 bits per heavy atom. The minimum atomic E-state index is -1.04. The molecule has 0 heterocycles. The minimum Gasteiger partial charge on any atom is -0.550 e. The molecular weight excluding hydrogens is 368 g/mol. The average Bonchev–Trinajstić information content (AvgIpc) is 3.01. The summed E-state index contributed by atoms with van der Waals surface area (Å²) in [7, 11) is 0. The molecule has 4 fully saturated rings. The topological polar surface area (TPSA) is 91.3 Å². The lowest BCUT2D eigenvalue weighted by Gasteiger charge is -2.58. The Bertz CT molecular complexity index is 756. The van der Waals surface area contributed by atoms with Gasteiger partial charge in [-0.05, 0) is 67.1 Å². The molecule has 0 spiro atoms. The first-order valence-corrected chi connectivity index (χ1v) is 11.4. The van der Waals surface area contributed by atoms with E-state index in [1.165, 1.54) is 0 Å². The average molecular weight is 402 g/mol. The van der Waals surface area contributed by atoms with Crippen LogP contribution in [0.4, 0.5) is 0 Å². The van der Waals surface area contributed by atoms with Crippen molar-refractivity contribution in [1.82, 2.24) is 0 Å². The smallest absolute Gasteiger partial charge is 0.139 e. The van der Waals surface area contributed by atoms with Gasteiger partial charge in [-0.1, -0.05) is 20.8 Å². The van der Waals surface area contributed by atoms with E-state index in [9.17, 15) is 24.3 Å². The van der Waals surface area contributed by atoms with E-state index in [0.29, 0.717) is 32.1 Å². The van der Waals surface area contributed by atoms with Gasteiger partial charge >= 0.3 is 0 Å². The predicted molar refractivity (Wildman–Crippen MR) is 104 cm³/mol. The number of fused-ring (bicyclic) bond motifs is 5. The minimum absolute atomic E-state index is 0.0192. The van der Waals surface area contributed by atoms with E-state index < -0.39 is 11.4 Å². The van der Waals surface area contributed by atoms with Gasteiger partial charge < -0.3 is 9.90 Å². The van der Waals surface area contributed by atoms with E-state index in [0.717, 1.165) is 19.3 Å². The monoisotopic (exact) mass is 401 g/mol. The normalized spacial score (nSPS) is 45.3. The van der Waals surface area contributed by atoms with Crippen LogP contribution in [0.15, 0.2) is 0 Å². The van der Waals surface area contributed by atoms with Crippen molar-refractivity contribution in [3.05, 3.63) is 0 Å². The molecule has 4 saturated carbocycles. The summed E-state index contributed by atoms with van der Waals surface area (Å²) in [5.41, 5.74) is -0.627. The lowest BCUT2D eigenvalue weighted by Crippen LogP contribution is -2.60. The van der Waals surface area contributed by atoms with Gasteiger partial charge in [-0.3, -0.25) is 14.4 Å². The second-order valence-corrected chi connectivity index (χ2v) is 10.8. The molecule has 0 amide bonds. The van der Waals surface area contributed by atoms with Crippen LogP contribution in [-0.2, 0) is 19.2 Å². The van der Waals surface area contributed by atoms with Crippen LogP contribution in [-0.4, -0.2) is 23.3 Å². The number of rotatable bonds is 4. The van der Waals surface area contributed by atoms with Gasteiger partial charge in [0.05, 0.1) is 0 Å². The third-order valence-electron chi connectivity index (χ3n) is 9.71. The first kappa shape index (κ1) is 20.7. The SMILES string of the molecule is C[C@H](CCC(=O)[O-])[C@@H]1CC[C@H]2[C@H]3C(=O)C[C@H]4CC(=O)CC[C@]4(C)[C@H]3CC(=O)[C@@]21C. The first-order chi connectivity index (χ1) is 13.6. The van der Waals surface area contributed by atoms with Gasteiger partial charge in [-0.2, -0.15) is 0 Å². The number of carbonyl (C=O) groups is 4. The second kappa shape index (κ2) is 7.02. The van der Waals surface area contributed by atoms with Crippen LogP contribution in [0, 0.1) is 46.3 Å². The second-order valence-electron chi connectivity index (χ2n) is 10.8. The number of aliphatic carboxylic acids is 1. The molecule has 0 aromatic rings. The highest BCUT2D eigenvalue weighted by Gasteiger charge is 2.66. The highest BCUT2D eigenvalue weighted by molar-refractivity contribution is 5.93. The zero-order chi connectivity index (χ0) is 21.1. The molecule has 29 heavy (non-hydrogen) atoms. The Balaban J connectivity index is 1.63. The first-order valence-electron chi connectivity index (χ1n) is 11.4. The zero-order valence-electron chi connectivity index (χ0n) is 17.9. The number of hydrogen-bond donors (Lipinski definition) is 0. The van der Waals surface area contributed by atoms with Crippen LogP contribution in [0.2, 0.25) is 0 Å². The van der Waals surface area contributed by atoms with Crippen molar-refractivity contribution >= 4 is 23.3 Å². The van der Waals surface area contributed by atoms with Crippen LogP contribution in [0.1, 0.15) is 78.6 Å². The molecule has 4 rings (SSSR count). The van der Waals surface area contributed by atoms with Crippen LogP contribution >= 0.6 is 0 Å². The molecule has 0 aromatic heterocycles. The Labute approximate surface area is 173 Å². The van der Waals surface area contributed by atoms with Gasteiger partial charge in [-0.15, -0.1) is 0 Å². The van der Waals surface area contributed by atoms with E-state index in [1.807, 2.05) is 6.92 Å². The third-order valence-corrected chi connectivity index (χ3v) is 9.71. The van der Waals surface area contributed by atoms with Crippen LogP contribution in [0.3, 0.4) is 0 Å². The molecule has 8 atom stereocenters. The van der Waals surface area contributed by atoms with Crippen molar-refractivity contribution in [2.45, 2.75) is 78.6 Å². The molecule has 0 aliphatic heterocycles. The Morgan fingerprint density at radius 1 is 1.10 bits per heavy atom. The number of carboxylic acids is 1. The Kier molecular flexibility index (Phi) is 5.02. The lowest BCUT2D eigenvalue weighted by atomic mass is 9.44. The number of ketones is 3. The van der Waals surface area contributed by atoms with E-state index >= 15 is 0 Å². The van der Waals surface area contributed by atoms with Crippen molar-refractivity contribution in [3.8, 4) is 0 Å². The predicted octanol–water partition coefficient (Wildman–Crippen LogP) is 2.74. The summed E-state index contributed by atoms with van der Waals surface area (Å²) in [4.78, 5) is 49.8. The van der Waals surface area contributed by atoms with Crippen molar-refractivity contribution < 1.29 is 24.3 Å². The van der Waals surface area contributed by atoms with Gasteiger partial charge in [0, 0.05) is 43.0 Å². The van der Waals surface area contributed by atoms with Crippen LogP contribution < -0.4 is 5.11 Å². The summed E-state index contributed by atoms with van der Waals surface area (Å²) in [6, 6.07) is 0. The lowest BCUT2D eigenvalue weighted by molar-refractivity contribution is -0.306. The summed E-state index contributed by atoms with van der Waals surface area (Å²) < 4.78 is 0. The third kappa shape index (κ3) is 3.02. The van der Waals surface area contributed by atoms with Crippen molar-refractivity contribution in [2.75, 3.05) is 0 Å². The molecule has 4 aliphatic carbocycles. The summed E-state index contributed by atoms with van der Waals surface area (Å²) in [6.07, 6.45) is 5.08. The molecule has 4 aliphatic rings. The maximum absolute atomic E-state index is 13.6. The maximum atomic E-state index is 13.6. The largest absolute Gasteiger partial charge is 0.550 e. The van der Waals surface area contributed by atoms with Gasteiger partial charge in [0.15, 0.2) is 0 Å². The fourth-order valence-electron chi connectivity index (χ4n) is 7.94. The van der Waals surface area contributed by atoms with Gasteiger partial charge in [-0.25, -0.2) is 0 Å². The van der Waals surface area contributed by atoms with E-state index in [2.05, 4.69) is 13.8 Å². The van der Waals surface area contributed by atoms with Crippen molar-refractivity contribution in [2.24, 2.45) is 46.3 Å². The zero-order valence-corrected chi connectivity index (χ0v) is 17.9. The van der Waals surface area contributed by atoms with Crippen molar-refractivity contribution in [1.29, 1.82) is 0 Å². The molecule has 0 unspecified atom stereocenters. The molecule has 0 N–H and O–H groups in total. The standard InChI is InChI=1S/C24H34O5/c1-13(4-7-21(28)29)16-5-6-17-22-18(12-20(27)24(16,17)3)23(2)9-8-15(25)10-14(23)11-19(22)26/h13-14,16-18,22H,4-12H2,1-3H3,(H,28,29)/p-1/t13-,14-,16+,17+,18+,22-,23+,24-/m1/s1. The van der Waals surface area contributed by atoms with Gasteiger partial charge in [0.25, 0.3) is 0 Å². The molecule has 0 aromatic carbocycles. The Morgan fingerprint density at radius 2 is 1.83 bits per heavy atom. The number of Topliss-reactive ketones (excluding diaryl/α,β-unsaturated/α-hetero) is 3. The quantitative estimate of drug-likeness (QED) is 0.722. The molecule has 5 heteroatoms. The van der Waals surface area contributed by atoms with Gasteiger partial charge in [0.1, 0.15) is 17.3 Å². The molecular formula is C24H33O5-. The number of hydrogen-bond acceptors (Lipinski definition) is 5. The van der Waals surface area contributed by atoms with E-state index in [1.54, 1.807) is 0 Å². The molecule has 0 radical (unpaired) electrons. The molecule has 0 bridgehead atoms. The highest BCUT2D eigenvalue weighted by atomic mass is 16.4. The number of carbonyl (C=O) groups excluding carboxylic acids is 4. The molecule has 160 valence electrons. The fourth-order valence-corrected chi connectivity index (χ4v) is 7.94. The highest BCUT2D eigenvalue weighted by Crippen LogP contribution is 2.66. The van der Waals surface area contributed by atoms with E-state index in [4.69, 9.17) is 0 Å². The number of carboxylic acid groups (broad SMARTS) is 1.